The van der Waals surface area contributed by atoms with Crippen molar-refractivity contribution >= 4 is 17.6 Å². The largest absolute Gasteiger partial charge is 0.384 e. The Bertz CT molecular complexity index is 363. The predicted molar refractivity (Wildman–Crippen MR) is 69.5 cm³/mol. The molecule has 0 aromatic carbocycles. The summed E-state index contributed by atoms with van der Waals surface area (Å²) in [6.07, 6.45) is 3.70. The number of aromatic nitrogens is 2. The van der Waals surface area contributed by atoms with Gasteiger partial charge in [-0.05, 0) is 19.3 Å². The third-order valence-electron chi connectivity index (χ3n) is 2.88. The highest BCUT2D eigenvalue weighted by Crippen LogP contribution is 2.39. The van der Waals surface area contributed by atoms with E-state index in [-0.39, 0.29) is 0 Å². The Labute approximate surface area is 101 Å². The first kappa shape index (κ1) is 11.7. The lowest BCUT2D eigenvalue weighted by atomic mass is 10.3. The molecule has 1 aromatic rings. The van der Waals surface area contributed by atoms with Gasteiger partial charge in [0, 0.05) is 22.9 Å². The summed E-state index contributed by atoms with van der Waals surface area (Å²) in [5.41, 5.74) is 6.95. The lowest BCUT2D eigenvalue weighted by Crippen LogP contribution is -2.03. The number of nitrogens with two attached hydrogens (primary N) is 1. The lowest BCUT2D eigenvalue weighted by Gasteiger charge is -2.08. The minimum Gasteiger partial charge on any atom is -0.384 e. The van der Waals surface area contributed by atoms with Gasteiger partial charge in [0.25, 0.3) is 0 Å². The van der Waals surface area contributed by atoms with Crippen molar-refractivity contribution in [3.63, 3.8) is 0 Å². The molecule has 0 amide bonds. The summed E-state index contributed by atoms with van der Waals surface area (Å²) in [6, 6.07) is 1.93. The number of rotatable bonds is 5. The van der Waals surface area contributed by atoms with Crippen molar-refractivity contribution in [1.29, 1.82) is 0 Å². The molecule has 88 valence electrons. The second-order valence-electron chi connectivity index (χ2n) is 4.44. The molecule has 1 atom stereocenters. The monoisotopic (exact) mass is 237 g/mol. The third-order valence-corrected chi connectivity index (χ3v) is 4.21. The number of nitrogens with zero attached hydrogens (tertiary/aromatic N) is 2. The first-order chi connectivity index (χ1) is 7.69. The molecule has 1 fully saturated rings. The fourth-order valence-corrected chi connectivity index (χ4v) is 2.32. The molecule has 2 rings (SSSR count). The third kappa shape index (κ3) is 3.11. The van der Waals surface area contributed by atoms with Crippen LogP contribution in [0.15, 0.2) is 6.07 Å². The van der Waals surface area contributed by atoms with Gasteiger partial charge >= 0.3 is 0 Å². The zero-order valence-corrected chi connectivity index (χ0v) is 10.8. The molecule has 0 aliphatic heterocycles. The van der Waals surface area contributed by atoms with E-state index in [2.05, 4.69) is 23.8 Å². The Morgan fingerprint density at radius 3 is 2.88 bits per heavy atom. The van der Waals surface area contributed by atoms with Gasteiger partial charge in [-0.25, -0.2) is 9.97 Å². The smallest absolute Gasteiger partial charge is 0.140 e. The molecule has 2 N–H and O–H groups in total. The average molecular weight is 237 g/mol. The summed E-state index contributed by atoms with van der Waals surface area (Å²) in [6.45, 7) is 4.44. The summed E-state index contributed by atoms with van der Waals surface area (Å²) in [4.78, 5) is 8.89. The summed E-state index contributed by atoms with van der Waals surface area (Å²) >= 11 is 1.90. The van der Waals surface area contributed by atoms with E-state index >= 15 is 0 Å². The van der Waals surface area contributed by atoms with Crippen molar-refractivity contribution in [2.75, 3.05) is 5.73 Å². The first-order valence-corrected chi connectivity index (χ1v) is 6.99. The van der Waals surface area contributed by atoms with E-state index in [0.29, 0.717) is 17.0 Å². The van der Waals surface area contributed by atoms with Crippen LogP contribution in [-0.4, -0.2) is 15.2 Å². The highest BCUT2D eigenvalue weighted by molar-refractivity contribution is 7.99. The second-order valence-corrected chi connectivity index (χ2v) is 5.86. The number of thioether (sulfide) groups is 1. The van der Waals surface area contributed by atoms with Gasteiger partial charge in [0.05, 0.1) is 5.75 Å². The van der Waals surface area contributed by atoms with E-state index in [9.17, 15) is 0 Å². The van der Waals surface area contributed by atoms with Crippen LogP contribution in [0.2, 0.25) is 0 Å². The molecule has 0 radical (unpaired) electrons. The predicted octanol–water partition coefficient (Wildman–Crippen LogP) is 2.97. The molecule has 4 heteroatoms. The van der Waals surface area contributed by atoms with E-state index in [1.165, 1.54) is 19.3 Å². The van der Waals surface area contributed by atoms with Gasteiger partial charge < -0.3 is 5.73 Å². The maximum Gasteiger partial charge on any atom is 0.140 e. The Morgan fingerprint density at radius 1 is 1.50 bits per heavy atom. The molecule has 3 nitrogen and oxygen atoms in total. The van der Waals surface area contributed by atoms with Gasteiger partial charge in [0.15, 0.2) is 0 Å². The molecule has 1 aliphatic carbocycles. The Balaban J connectivity index is 2.02. The van der Waals surface area contributed by atoms with Gasteiger partial charge in [-0.15, -0.1) is 0 Å². The standard InChI is InChI=1S/C12H19N3S/c1-3-8(2)16-7-12-14-10(9-4-5-9)6-11(13)15-12/h6,8-9H,3-5,7H2,1-2H3,(H2,13,14,15). The Hall–Kier alpha value is -0.770. The van der Waals surface area contributed by atoms with E-state index in [0.717, 1.165) is 17.3 Å². The molecule has 1 heterocycles. The second kappa shape index (κ2) is 5.04. The van der Waals surface area contributed by atoms with Crippen LogP contribution in [0, 0.1) is 0 Å². The number of hydrogen-bond donors (Lipinski definition) is 1. The highest BCUT2D eigenvalue weighted by atomic mass is 32.2. The number of anilines is 1. The molecule has 1 unspecified atom stereocenters. The van der Waals surface area contributed by atoms with Gasteiger partial charge in [-0.3, -0.25) is 0 Å². The van der Waals surface area contributed by atoms with Crippen molar-refractivity contribution < 1.29 is 0 Å². The lowest BCUT2D eigenvalue weighted by molar-refractivity contribution is 0.895. The zero-order chi connectivity index (χ0) is 11.5. The maximum absolute atomic E-state index is 5.80. The van der Waals surface area contributed by atoms with Crippen LogP contribution < -0.4 is 5.73 Å². The molecular formula is C12H19N3S. The van der Waals surface area contributed by atoms with Crippen LogP contribution in [-0.2, 0) is 5.75 Å². The van der Waals surface area contributed by atoms with Crippen molar-refractivity contribution in [1.82, 2.24) is 9.97 Å². The quantitative estimate of drug-likeness (QED) is 0.855. The summed E-state index contributed by atoms with van der Waals surface area (Å²) in [5, 5.41) is 0.661. The molecule has 16 heavy (non-hydrogen) atoms. The minimum atomic E-state index is 0.622. The van der Waals surface area contributed by atoms with Crippen molar-refractivity contribution in [3.05, 3.63) is 17.6 Å². The van der Waals surface area contributed by atoms with Gasteiger partial charge in [0.2, 0.25) is 0 Å². The first-order valence-electron chi connectivity index (χ1n) is 5.94. The topological polar surface area (TPSA) is 51.8 Å². The van der Waals surface area contributed by atoms with E-state index in [4.69, 9.17) is 5.73 Å². The molecule has 0 spiro atoms. The summed E-state index contributed by atoms with van der Waals surface area (Å²) in [7, 11) is 0. The number of nitrogen functional groups attached to an aromatic ring is 1. The van der Waals surface area contributed by atoms with E-state index in [1.54, 1.807) is 0 Å². The van der Waals surface area contributed by atoms with E-state index < -0.39 is 0 Å². The van der Waals surface area contributed by atoms with Gasteiger partial charge in [-0.1, -0.05) is 13.8 Å². The maximum atomic E-state index is 5.80. The SMILES string of the molecule is CCC(C)SCc1nc(N)cc(C2CC2)n1. The zero-order valence-electron chi connectivity index (χ0n) is 9.94. The Morgan fingerprint density at radius 2 is 2.25 bits per heavy atom. The average Bonchev–Trinajstić information content (AvgIpc) is 3.09. The molecule has 1 aromatic heterocycles. The molecule has 1 saturated carbocycles. The van der Waals surface area contributed by atoms with Crippen LogP contribution >= 0.6 is 11.8 Å². The molecule has 1 aliphatic rings. The molecular weight excluding hydrogens is 218 g/mol. The van der Waals surface area contributed by atoms with Crippen LogP contribution in [0.4, 0.5) is 5.82 Å². The van der Waals surface area contributed by atoms with Crippen molar-refractivity contribution in [3.8, 4) is 0 Å². The summed E-state index contributed by atoms with van der Waals surface area (Å²) in [5.74, 6) is 3.04. The van der Waals surface area contributed by atoms with Crippen LogP contribution in [0.3, 0.4) is 0 Å². The van der Waals surface area contributed by atoms with Gasteiger partial charge in [0.1, 0.15) is 11.6 Å². The normalized spacial score (nSPS) is 17.4. The molecule has 0 bridgehead atoms. The van der Waals surface area contributed by atoms with Crippen molar-refractivity contribution in [2.24, 2.45) is 0 Å². The summed E-state index contributed by atoms with van der Waals surface area (Å²) < 4.78 is 0. The fourth-order valence-electron chi connectivity index (χ4n) is 1.53. The fraction of sp³-hybridized carbons (Fsp3) is 0.667. The number of hydrogen-bond acceptors (Lipinski definition) is 4. The molecule has 0 saturated heterocycles. The van der Waals surface area contributed by atoms with Gasteiger partial charge in [-0.2, -0.15) is 11.8 Å². The van der Waals surface area contributed by atoms with Crippen molar-refractivity contribution in [2.45, 2.75) is 50.0 Å². The van der Waals surface area contributed by atoms with Crippen LogP contribution in [0.1, 0.15) is 50.5 Å². The minimum absolute atomic E-state index is 0.622. The van der Waals surface area contributed by atoms with Crippen LogP contribution in [0.5, 0.6) is 0 Å². The highest BCUT2D eigenvalue weighted by Gasteiger charge is 2.25. The van der Waals surface area contributed by atoms with E-state index in [1.807, 2.05) is 17.8 Å². The van der Waals surface area contributed by atoms with Crippen LogP contribution in [0.25, 0.3) is 0 Å². The Kier molecular flexibility index (Phi) is 3.69.